The van der Waals surface area contributed by atoms with Gasteiger partial charge in [0, 0.05) is 31.6 Å². The molecule has 5 unspecified atom stereocenters. The van der Waals surface area contributed by atoms with Gasteiger partial charge in [-0.3, -0.25) is 0 Å². The molecule has 19 heavy (non-hydrogen) atoms. The van der Waals surface area contributed by atoms with Crippen molar-refractivity contribution in [3.05, 3.63) is 0 Å². The van der Waals surface area contributed by atoms with Gasteiger partial charge in [-0.1, -0.05) is 20.3 Å². The number of aliphatic hydroxyl groups is 1. The monoisotopic (exact) mass is 266 g/mol. The molecule has 3 aliphatic rings. The van der Waals surface area contributed by atoms with Crippen molar-refractivity contribution in [1.29, 1.82) is 0 Å². The van der Waals surface area contributed by atoms with Gasteiger partial charge in [0.15, 0.2) is 0 Å². The molecule has 1 heterocycles. The Morgan fingerprint density at radius 2 is 2.00 bits per heavy atom. The number of hydrogen-bond donors (Lipinski definition) is 2. The molecular formula is C16H30N2O. The highest BCUT2D eigenvalue weighted by Crippen LogP contribution is 2.41. The topological polar surface area (TPSA) is 49.5 Å². The van der Waals surface area contributed by atoms with E-state index in [2.05, 4.69) is 18.7 Å². The zero-order chi connectivity index (χ0) is 13.6. The summed E-state index contributed by atoms with van der Waals surface area (Å²) in [5.74, 6) is 1.95. The average Bonchev–Trinajstić information content (AvgIpc) is 2.88. The van der Waals surface area contributed by atoms with Crippen LogP contribution in [-0.4, -0.2) is 41.8 Å². The number of rotatable bonds is 2. The molecule has 1 aliphatic heterocycles. The molecule has 0 spiro atoms. The molecule has 5 atom stereocenters. The lowest BCUT2D eigenvalue weighted by atomic mass is 9.68. The SMILES string of the molecule is CC1(C)CCCC(CN2CC3CCC(O)C3C2)C1N. The van der Waals surface area contributed by atoms with Crippen LogP contribution in [0.2, 0.25) is 0 Å². The van der Waals surface area contributed by atoms with Gasteiger partial charge in [-0.25, -0.2) is 0 Å². The molecule has 1 saturated heterocycles. The summed E-state index contributed by atoms with van der Waals surface area (Å²) in [7, 11) is 0. The lowest BCUT2D eigenvalue weighted by Crippen LogP contribution is -2.50. The maximum absolute atomic E-state index is 10.0. The van der Waals surface area contributed by atoms with Crippen LogP contribution < -0.4 is 5.73 Å². The molecule has 0 bridgehead atoms. The minimum atomic E-state index is -0.0357. The van der Waals surface area contributed by atoms with E-state index in [0.29, 0.717) is 23.3 Å². The molecule has 3 rings (SSSR count). The summed E-state index contributed by atoms with van der Waals surface area (Å²) in [5, 5.41) is 10.0. The highest BCUT2D eigenvalue weighted by Gasteiger charge is 2.43. The molecule has 3 fully saturated rings. The van der Waals surface area contributed by atoms with Crippen LogP contribution in [0.4, 0.5) is 0 Å². The van der Waals surface area contributed by atoms with Crippen molar-refractivity contribution in [3.63, 3.8) is 0 Å². The van der Waals surface area contributed by atoms with Crippen molar-refractivity contribution in [3.8, 4) is 0 Å². The lowest BCUT2D eigenvalue weighted by Gasteiger charge is -2.43. The van der Waals surface area contributed by atoms with E-state index in [1.807, 2.05) is 0 Å². The van der Waals surface area contributed by atoms with Gasteiger partial charge in [0.2, 0.25) is 0 Å². The second kappa shape index (κ2) is 5.01. The first-order valence-corrected chi connectivity index (χ1v) is 8.13. The second-order valence-electron chi connectivity index (χ2n) is 7.95. The summed E-state index contributed by atoms with van der Waals surface area (Å²) in [4.78, 5) is 2.59. The predicted molar refractivity (Wildman–Crippen MR) is 77.8 cm³/mol. The van der Waals surface area contributed by atoms with E-state index < -0.39 is 0 Å². The fourth-order valence-electron chi connectivity index (χ4n) is 4.82. The molecule has 0 radical (unpaired) electrons. The van der Waals surface area contributed by atoms with Gasteiger partial charge in [-0.2, -0.15) is 0 Å². The van der Waals surface area contributed by atoms with Crippen molar-refractivity contribution in [2.75, 3.05) is 19.6 Å². The summed E-state index contributed by atoms with van der Waals surface area (Å²) >= 11 is 0. The standard InChI is InChI=1S/C16H30N2O/c1-16(2)7-3-4-12(15(16)17)9-18-8-11-5-6-14(19)13(11)10-18/h11-15,19H,3-10,17H2,1-2H3. The minimum Gasteiger partial charge on any atom is -0.393 e. The van der Waals surface area contributed by atoms with Crippen LogP contribution in [0, 0.1) is 23.2 Å². The number of likely N-dealkylation sites (tertiary alicyclic amines) is 1. The van der Waals surface area contributed by atoms with E-state index in [-0.39, 0.29) is 6.10 Å². The third-order valence-electron chi connectivity index (χ3n) is 6.19. The first kappa shape index (κ1) is 13.8. The van der Waals surface area contributed by atoms with Crippen molar-refractivity contribution < 1.29 is 5.11 Å². The lowest BCUT2D eigenvalue weighted by molar-refractivity contribution is 0.0960. The Labute approximate surface area is 117 Å². The van der Waals surface area contributed by atoms with Crippen LogP contribution in [0.15, 0.2) is 0 Å². The first-order valence-electron chi connectivity index (χ1n) is 8.13. The Balaban J connectivity index is 1.58. The van der Waals surface area contributed by atoms with Crippen molar-refractivity contribution in [1.82, 2.24) is 4.90 Å². The Bertz CT molecular complexity index is 331. The zero-order valence-corrected chi connectivity index (χ0v) is 12.5. The Morgan fingerprint density at radius 1 is 1.21 bits per heavy atom. The predicted octanol–water partition coefficient (Wildman–Crippen LogP) is 1.84. The Kier molecular flexibility index (Phi) is 3.65. The normalized spacial score (nSPS) is 46.4. The van der Waals surface area contributed by atoms with E-state index in [1.54, 1.807) is 0 Å². The highest BCUT2D eigenvalue weighted by molar-refractivity contribution is 4.97. The Morgan fingerprint density at radius 3 is 2.74 bits per heavy atom. The third kappa shape index (κ3) is 2.57. The number of nitrogens with two attached hydrogens (primary N) is 1. The molecule has 2 aliphatic carbocycles. The van der Waals surface area contributed by atoms with Gasteiger partial charge in [-0.05, 0) is 42.9 Å². The van der Waals surface area contributed by atoms with Gasteiger partial charge in [0.05, 0.1) is 6.10 Å². The van der Waals surface area contributed by atoms with E-state index >= 15 is 0 Å². The molecule has 2 saturated carbocycles. The fourth-order valence-corrected chi connectivity index (χ4v) is 4.82. The molecule has 0 aromatic rings. The molecular weight excluding hydrogens is 236 g/mol. The van der Waals surface area contributed by atoms with Gasteiger partial charge in [-0.15, -0.1) is 0 Å². The minimum absolute atomic E-state index is 0.0357. The molecule has 3 N–H and O–H groups in total. The van der Waals surface area contributed by atoms with Crippen LogP contribution in [0.3, 0.4) is 0 Å². The maximum atomic E-state index is 10.0. The third-order valence-corrected chi connectivity index (χ3v) is 6.19. The quantitative estimate of drug-likeness (QED) is 0.802. The molecule has 110 valence electrons. The summed E-state index contributed by atoms with van der Waals surface area (Å²) in [6.45, 7) is 8.11. The van der Waals surface area contributed by atoms with Crippen LogP contribution in [0.5, 0.6) is 0 Å². The van der Waals surface area contributed by atoms with Crippen molar-refractivity contribution in [2.24, 2.45) is 28.9 Å². The van der Waals surface area contributed by atoms with Crippen molar-refractivity contribution >= 4 is 0 Å². The van der Waals surface area contributed by atoms with Gasteiger partial charge >= 0.3 is 0 Å². The smallest absolute Gasteiger partial charge is 0.0583 e. The first-order chi connectivity index (χ1) is 8.97. The fraction of sp³-hybridized carbons (Fsp3) is 1.00. The number of nitrogens with zero attached hydrogens (tertiary/aromatic N) is 1. The Hall–Kier alpha value is -0.120. The second-order valence-corrected chi connectivity index (χ2v) is 7.95. The number of aliphatic hydroxyl groups excluding tert-OH is 1. The average molecular weight is 266 g/mol. The van der Waals surface area contributed by atoms with E-state index in [4.69, 9.17) is 5.73 Å². The van der Waals surface area contributed by atoms with Crippen LogP contribution in [0.1, 0.15) is 46.0 Å². The largest absolute Gasteiger partial charge is 0.393 e. The van der Waals surface area contributed by atoms with Gasteiger partial charge < -0.3 is 15.7 Å². The van der Waals surface area contributed by atoms with Gasteiger partial charge in [0.25, 0.3) is 0 Å². The molecule has 3 heteroatoms. The maximum Gasteiger partial charge on any atom is 0.0583 e. The van der Waals surface area contributed by atoms with E-state index in [1.165, 1.54) is 32.2 Å². The molecule has 0 amide bonds. The zero-order valence-electron chi connectivity index (χ0n) is 12.5. The molecule has 0 aromatic carbocycles. The summed E-state index contributed by atoms with van der Waals surface area (Å²) in [5.41, 5.74) is 6.81. The summed E-state index contributed by atoms with van der Waals surface area (Å²) in [6, 6.07) is 0.339. The summed E-state index contributed by atoms with van der Waals surface area (Å²) < 4.78 is 0. The van der Waals surface area contributed by atoms with E-state index in [9.17, 15) is 5.11 Å². The number of fused-ring (bicyclic) bond motifs is 1. The highest BCUT2D eigenvalue weighted by atomic mass is 16.3. The van der Waals surface area contributed by atoms with E-state index in [0.717, 1.165) is 25.4 Å². The van der Waals surface area contributed by atoms with Crippen LogP contribution in [0.25, 0.3) is 0 Å². The molecule has 0 aromatic heterocycles. The van der Waals surface area contributed by atoms with Crippen molar-refractivity contribution in [2.45, 2.75) is 58.1 Å². The van der Waals surface area contributed by atoms with Crippen LogP contribution >= 0.6 is 0 Å². The summed E-state index contributed by atoms with van der Waals surface area (Å²) in [6.07, 6.45) is 6.11. The van der Waals surface area contributed by atoms with Crippen LogP contribution in [-0.2, 0) is 0 Å². The molecule has 3 nitrogen and oxygen atoms in total. The van der Waals surface area contributed by atoms with Gasteiger partial charge in [0.1, 0.15) is 0 Å². The number of hydrogen-bond acceptors (Lipinski definition) is 3.